The monoisotopic (exact) mass is 510 g/mol. The van der Waals surface area contributed by atoms with Crippen LogP contribution in [-0.2, 0) is 18.0 Å². The number of halogens is 2. The van der Waals surface area contributed by atoms with Crippen molar-refractivity contribution in [3.63, 3.8) is 0 Å². The second-order valence-corrected chi connectivity index (χ2v) is 6.89. The van der Waals surface area contributed by atoms with Gasteiger partial charge in [0.25, 0.3) is 0 Å². The van der Waals surface area contributed by atoms with Crippen molar-refractivity contribution in [3.8, 4) is 0 Å². The molecule has 0 fully saturated rings. The quantitative estimate of drug-likeness (QED) is 0.440. The molecule has 21 heavy (non-hydrogen) atoms. The summed E-state index contributed by atoms with van der Waals surface area (Å²) in [6, 6.07) is 20.4. The van der Waals surface area contributed by atoms with Crippen molar-refractivity contribution in [1.82, 2.24) is 0 Å². The summed E-state index contributed by atoms with van der Waals surface area (Å²) in [6.07, 6.45) is 0.904. The first-order valence-corrected chi connectivity index (χ1v) is 9.53. The second-order valence-electron chi connectivity index (χ2n) is 4.38. The van der Waals surface area contributed by atoms with Crippen molar-refractivity contribution >= 4 is 45.2 Å². The van der Waals surface area contributed by atoms with Gasteiger partial charge in [-0.05, 0) is 17.5 Å². The number of aliphatic hydroxyl groups excluding tert-OH is 1. The molecule has 0 bridgehead atoms. The Morgan fingerprint density at radius 3 is 1.57 bits per heavy atom. The highest BCUT2D eigenvalue weighted by Crippen LogP contribution is 2.05. The Bertz CT molecular complexity index is 421. The van der Waals surface area contributed by atoms with Gasteiger partial charge < -0.3 is 9.84 Å². The van der Waals surface area contributed by atoms with Crippen molar-refractivity contribution < 1.29 is 9.84 Å². The summed E-state index contributed by atoms with van der Waals surface area (Å²) in [4.78, 5) is 0. The SMILES string of the molecule is OC(I)CCI.c1ccc(COCc2ccccc2)cc1. The van der Waals surface area contributed by atoms with Crippen LogP contribution in [0.2, 0.25) is 0 Å². The highest BCUT2D eigenvalue weighted by atomic mass is 127. The van der Waals surface area contributed by atoms with Gasteiger partial charge in [0.1, 0.15) is 4.11 Å². The summed E-state index contributed by atoms with van der Waals surface area (Å²) in [5.41, 5.74) is 2.43. The largest absolute Gasteiger partial charge is 0.383 e. The highest BCUT2D eigenvalue weighted by molar-refractivity contribution is 14.1. The van der Waals surface area contributed by atoms with Gasteiger partial charge in [-0.2, -0.15) is 0 Å². The van der Waals surface area contributed by atoms with Crippen LogP contribution in [0.4, 0.5) is 0 Å². The molecular weight excluding hydrogens is 490 g/mol. The number of hydrogen-bond donors (Lipinski definition) is 1. The van der Waals surface area contributed by atoms with Crippen LogP contribution in [0.15, 0.2) is 60.7 Å². The molecule has 2 aromatic carbocycles. The molecule has 114 valence electrons. The van der Waals surface area contributed by atoms with E-state index in [1.807, 2.05) is 59.0 Å². The molecule has 0 spiro atoms. The lowest BCUT2D eigenvalue weighted by atomic mass is 10.2. The van der Waals surface area contributed by atoms with Crippen molar-refractivity contribution in [3.05, 3.63) is 71.8 Å². The van der Waals surface area contributed by atoms with Gasteiger partial charge in [0.05, 0.1) is 13.2 Å². The molecule has 4 heteroatoms. The predicted molar refractivity (Wildman–Crippen MR) is 105 cm³/mol. The Balaban J connectivity index is 0.000000315. The summed E-state index contributed by atoms with van der Waals surface area (Å²) in [5.74, 6) is 0. The molecule has 0 heterocycles. The Morgan fingerprint density at radius 1 is 0.857 bits per heavy atom. The van der Waals surface area contributed by atoms with E-state index in [2.05, 4.69) is 46.9 Å². The Morgan fingerprint density at radius 2 is 1.29 bits per heavy atom. The lowest BCUT2D eigenvalue weighted by Crippen LogP contribution is -1.93. The van der Waals surface area contributed by atoms with E-state index < -0.39 is 0 Å². The van der Waals surface area contributed by atoms with E-state index >= 15 is 0 Å². The first-order valence-electron chi connectivity index (χ1n) is 6.76. The molecule has 0 aromatic heterocycles. The molecule has 2 rings (SSSR count). The van der Waals surface area contributed by atoms with Gasteiger partial charge in [0.2, 0.25) is 0 Å². The predicted octanol–water partition coefficient (Wildman–Crippen LogP) is 4.97. The number of ether oxygens (including phenoxy) is 1. The molecule has 1 unspecified atom stereocenters. The van der Waals surface area contributed by atoms with Crippen LogP contribution in [0.3, 0.4) is 0 Å². The smallest absolute Gasteiger partial charge is 0.106 e. The summed E-state index contributed by atoms with van der Waals surface area (Å²) in [7, 11) is 0. The van der Waals surface area contributed by atoms with E-state index in [0.29, 0.717) is 13.2 Å². The zero-order valence-corrected chi connectivity index (χ0v) is 16.1. The summed E-state index contributed by atoms with van der Waals surface area (Å²) < 4.78 is 6.51. The Kier molecular flexibility index (Phi) is 11.1. The third-order valence-electron chi connectivity index (χ3n) is 2.57. The van der Waals surface area contributed by atoms with E-state index in [0.717, 1.165) is 10.8 Å². The maximum absolute atomic E-state index is 8.53. The number of rotatable bonds is 6. The standard InChI is InChI=1S/C14H14O.C3H6I2O/c1-3-7-13(8-4-1)11-15-12-14-9-5-2-6-10-14;4-2-1-3(5)6/h1-10H,11-12H2;3,6H,1-2H2. The second kappa shape index (κ2) is 12.4. The van der Waals surface area contributed by atoms with Gasteiger partial charge in [-0.15, -0.1) is 0 Å². The van der Waals surface area contributed by atoms with Crippen molar-refractivity contribution in [2.75, 3.05) is 4.43 Å². The fourth-order valence-electron chi connectivity index (χ4n) is 1.53. The lowest BCUT2D eigenvalue weighted by Gasteiger charge is -2.03. The molecular formula is C17H20I2O2. The third-order valence-corrected chi connectivity index (χ3v) is 3.82. The first kappa shape index (κ1) is 18.9. The van der Waals surface area contributed by atoms with Gasteiger partial charge in [-0.1, -0.05) is 106 Å². The maximum atomic E-state index is 8.53. The molecule has 0 radical (unpaired) electrons. The van der Waals surface area contributed by atoms with E-state index in [1.54, 1.807) is 0 Å². The van der Waals surface area contributed by atoms with E-state index in [4.69, 9.17) is 9.84 Å². The van der Waals surface area contributed by atoms with Crippen molar-refractivity contribution in [2.24, 2.45) is 0 Å². The van der Waals surface area contributed by atoms with Crippen LogP contribution >= 0.6 is 45.2 Å². The van der Waals surface area contributed by atoms with Gasteiger partial charge in [-0.25, -0.2) is 0 Å². The van der Waals surface area contributed by atoms with Crippen LogP contribution < -0.4 is 0 Å². The zero-order valence-electron chi connectivity index (χ0n) is 11.8. The normalized spacial score (nSPS) is 11.4. The molecule has 0 saturated heterocycles. The molecule has 2 aromatic rings. The van der Waals surface area contributed by atoms with Crippen LogP contribution in [0.5, 0.6) is 0 Å². The number of aliphatic hydroxyl groups is 1. The minimum absolute atomic E-state index is 0.139. The molecule has 0 aliphatic heterocycles. The van der Waals surface area contributed by atoms with Gasteiger partial charge >= 0.3 is 0 Å². The van der Waals surface area contributed by atoms with Gasteiger partial charge in [0.15, 0.2) is 0 Å². The molecule has 2 nitrogen and oxygen atoms in total. The van der Waals surface area contributed by atoms with Crippen LogP contribution in [0, 0.1) is 0 Å². The van der Waals surface area contributed by atoms with E-state index in [-0.39, 0.29) is 4.11 Å². The van der Waals surface area contributed by atoms with E-state index in [9.17, 15) is 0 Å². The Labute approximate surface area is 154 Å². The zero-order chi connectivity index (χ0) is 15.3. The lowest BCUT2D eigenvalue weighted by molar-refractivity contribution is 0.107. The highest BCUT2D eigenvalue weighted by Gasteiger charge is 1.93. The molecule has 1 atom stereocenters. The molecule has 0 aliphatic carbocycles. The van der Waals surface area contributed by atoms with Crippen LogP contribution in [0.1, 0.15) is 17.5 Å². The summed E-state index contributed by atoms with van der Waals surface area (Å²) in [6.45, 7) is 1.35. The first-order chi connectivity index (χ1) is 10.2. The minimum atomic E-state index is -0.139. The Hall–Kier alpha value is -0.180. The molecule has 1 N–H and O–H groups in total. The van der Waals surface area contributed by atoms with Gasteiger partial charge in [-0.3, -0.25) is 0 Å². The maximum Gasteiger partial charge on any atom is 0.106 e. The van der Waals surface area contributed by atoms with E-state index in [1.165, 1.54) is 11.1 Å². The topological polar surface area (TPSA) is 29.5 Å². The average molecular weight is 510 g/mol. The average Bonchev–Trinajstić information content (AvgIpc) is 2.50. The fraction of sp³-hybridized carbons (Fsp3) is 0.294. The van der Waals surface area contributed by atoms with Crippen molar-refractivity contribution in [2.45, 2.75) is 23.7 Å². The minimum Gasteiger partial charge on any atom is -0.383 e. The summed E-state index contributed by atoms with van der Waals surface area (Å²) >= 11 is 4.23. The summed E-state index contributed by atoms with van der Waals surface area (Å²) in [5, 5.41) is 8.53. The molecule has 0 amide bonds. The van der Waals surface area contributed by atoms with Crippen LogP contribution in [0.25, 0.3) is 0 Å². The number of hydrogen-bond acceptors (Lipinski definition) is 2. The fourth-order valence-corrected chi connectivity index (χ4v) is 3.62. The van der Waals surface area contributed by atoms with Gasteiger partial charge in [0, 0.05) is 4.43 Å². The molecule has 0 saturated carbocycles. The van der Waals surface area contributed by atoms with Crippen LogP contribution in [-0.4, -0.2) is 13.6 Å². The number of alkyl halides is 2. The third kappa shape index (κ3) is 10.2. The molecule has 0 aliphatic rings. The van der Waals surface area contributed by atoms with Crippen molar-refractivity contribution in [1.29, 1.82) is 0 Å². The number of benzene rings is 2.